The number of likely N-dealkylation sites (tertiary alicyclic amines) is 1. The lowest BCUT2D eigenvalue weighted by Gasteiger charge is -2.26. The third-order valence-electron chi connectivity index (χ3n) is 5.57. The van der Waals surface area contributed by atoms with Crippen LogP contribution in [0.5, 0.6) is 11.5 Å². The van der Waals surface area contributed by atoms with Crippen molar-refractivity contribution in [1.29, 1.82) is 5.26 Å². The van der Waals surface area contributed by atoms with E-state index in [1.54, 1.807) is 18.2 Å². The first-order valence-corrected chi connectivity index (χ1v) is 10.4. The zero-order chi connectivity index (χ0) is 23.1. The van der Waals surface area contributed by atoms with Crippen molar-refractivity contribution < 1.29 is 23.8 Å². The molecule has 32 heavy (non-hydrogen) atoms. The van der Waals surface area contributed by atoms with E-state index < -0.39 is 24.1 Å². The Hall–Kier alpha value is -3.73. The summed E-state index contributed by atoms with van der Waals surface area (Å²) in [4.78, 5) is 27.2. The predicted molar refractivity (Wildman–Crippen MR) is 117 cm³/mol. The van der Waals surface area contributed by atoms with Crippen LogP contribution >= 0.6 is 0 Å². The monoisotopic (exact) mass is 437 g/mol. The van der Waals surface area contributed by atoms with Crippen LogP contribution in [0.4, 0.5) is 4.79 Å². The molecule has 1 unspecified atom stereocenters. The SMILES string of the molecule is COc1ccc(C(C#N)NC(=O)[C@@H]2[C@H](C)CCN2C(=O)OCc2ccccc2)cc1OC. The quantitative estimate of drug-likeness (QED) is 0.712. The van der Waals surface area contributed by atoms with Crippen LogP contribution in [0, 0.1) is 17.2 Å². The fourth-order valence-corrected chi connectivity index (χ4v) is 3.80. The Labute approximate surface area is 187 Å². The van der Waals surface area contributed by atoms with Gasteiger partial charge < -0.3 is 19.5 Å². The molecule has 168 valence electrons. The van der Waals surface area contributed by atoms with E-state index in [0.717, 1.165) is 5.56 Å². The highest BCUT2D eigenvalue weighted by Crippen LogP contribution is 2.31. The van der Waals surface area contributed by atoms with Crippen LogP contribution in [-0.4, -0.2) is 43.7 Å². The maximum absolute atomic E-state index is 13.1. The van der Waals surface area contributed by atoms with E-state index in [1.807, 2.05) is 37.3 Å². The predicted octanol–water partition coefficient (Wildman–Crippen LogP) is 3.43. The Morgan fingerprint density at radius 1 is 1.16 bits per heavy atom. The number of rotatable bonds is 7. The molecular weight excluding hydrogens is 410 g/mol. The molecule has 1 heterocycles. The number of nitrogens with zero attached hydrogens (tertiary/aromatic N) is 2. The minimum Gasteiger partial charge on any atom is -0.493 e. The number of carbonyl (C=O) groups is 2. The zero-order valence-electron chi connectivity index (χ0n) is 18.4. The summed E-state index contributed by atoms with van der Waals surface area (Å²) in [6.07, 6.45) is 0.129. The molecule has 0 spiro atoms. The van der Waals surface area contributed by atoms with E-state index in [-0.39, 0.29) is 12.5 Å². The zero-order valence-corrected chi connectivity index (χ0v) is 18.4. The van der Waals surface area contributed by atoms with Crippen LogP contribution in [0.3, 0.4) is 0 Å². The van der Waals surface area contributed by atoms with Crippen molar-refractivity contribution in [3.8, 4) is 17.6 Å². The largest absolute Gasteiger partial charge is 0.493 e. The summed E-state index contributed by atoms with van der Waals surface area (Å²) < 4.78 is 15.9. The average Bonchev–Trinajstić information content (AvgIpc) is 3.22. The molecular formula is C24H27N3O5. The first kappa shape index (κ1) is 22.9. The van der Waals surface area contributed by atoms with Gasteiger partial charge in [0.15, 0.2) is 11.5 Å². The number of amides is 2. The first-order chi connectivity index (χ1) is 15.5. The number of hydrogen-bond acceptors (Lipinski definition) is 6. The van der Waals surface area contributed by atoms with Gasteiger partial charge in [-0.2, -0.15) is 5.26 Å². The lowest BCUT2D eigenvalue weighted by molar-refractivity contribution is -0.126. The Morgan fingerprint density at radius 3 is 2.53 bits per heavy atom. The number of methoxy groups -OCH3 is 2. The van der Waals surface area contributed by atoms with E-state index in [1.165, 1.54) is 19.1 Å². The van der Waals surface area contributed by atoms with E-state index in [4.69, 9.17) is 14.2 Å². The second kappa shape index (κ2) is 10.5. The molecule has 0 saturated carbocycles. The highest BCUT2D eigenvalue weighted by molar-refractivity contribution is 5.87. The molecule has 0 aromatic heterocycles. The molecule has 2 aromatic rings. The Morgan fingerprint density at radius 2 is 1.88 bits per heavy atom. The molecule has 1 fully saturated rings. The van der Waals surface area contributed by atoms with Gasteiger partial charge in [-0.1, -0.05) is 43.3 Å². The fraction of sp³-hybridized carbons (Fsp3) is 0.375. The van der Waals surface area contributed by atoms with Gasteiger partial charge in [0.05, 0.1) is 20.3 Å². The maximum atomic E-state index is 13.1. The van der Waals surface area contributed by atoms with E-state index in [9.17, 15) is 14.9 Å². The standard InChI is InChI=1S/C24H27N3O5/c1-16-11-12-27(24(29)32-15-17-7-5-4-6-8-17)22(16)23(28)26-19(14-25)18-9-10-20(30-2)21(13-18)31-3/h4-10,13,16,19,22H,11-12,15H2,1-3H3,(H,26,28)/t16-,19?,22+/m1/s1. The highest BCUT2D eigenvalue weighted by Gasteiger charge is 2.41. The summed E-state index contributed by atoms with van der Waals surface area (Å²) in [5.41, 5.74) is 1.43. The highest BCUT2D eigenvalue weighted by atomic mass is 16.6. The lowest BCUT2D eigenvalue weighted by Crippen LogP contribution is -2.49. The minimum atomic E-state index is -0.905. The van der Waals surface area contributed by atoms with Crippen LogP contribution in [-0.2, 0) is 16.1 Å². The Balaban J connectivity index is 1.70. The smallest absolute Gasteiger partial charge is 0.410 e. The summed E-state index contributed by atoms with van der Waals surface area (Å²) >= 11 is 0. The van der Waals surface area contributed by atoms with Gasteiger partial charge in [-0.3, -0.25) is 9.69 Å². The van der Waals surface area contributed by atoms with Gasteiger partial charge in [0.2, 0.25) is 5.91 Å². The number of nitriles is 1. The maximum Gasteiger partial charge on any atom is 0.410 e. The molecule has 1 aliphatic rings. The summed E-state index contributed by atoms with van der Waals surface area (Å²) in [7, 11) is 3.02. The molecule has 2 amide bonds. The average molecular weight is 437 g/mol. The second-order valence-corrected chi connectivity index (χ2v) is 7.63. The van der Waals surface area contributed by atoms with E-state index in [0.29, 0.717) is 30.0 Å². The number of ether oxygens (including phenoxy) is 3. The van der Waals surface area contributed by atoms with Crippen molar-refractivity contribution in [3.63, 3.8) is 0 Å². The van der Waals surface area contributed by atoms with Crippen molar-refractivity contribution in [1.82, 2.24) is 10.2 Å². The fourth-order valence-electron chi connectivity index (χ4n) is 3.80. The van der Waals surface area contributed by atoms with Crippen LogP contribution < -0.4 is 14.8 Å². The summed E-state index contributed by atoms with van der Waals surface area (Å²) in [6.45, 7) is 2.46. The Bertz CT molecular complexity index is 989. The van der Waals surface area contributed by atoms with Crippen LogP contribution in [0.15, 0.2) is 48.5 Å². The molecule has 1 saturated heterocycles. The summed E-state index contributed by atoms with van der Waals surface area (Å²) in [5.74, 6) is 0.521. The molecule has 8 nitrogen and oxygen atoms in total. The summed E-state index contributed by atoms with van der Waals surface area (Å²) in [6, 6.07) is 14.9. The second-order valence-electron chi connectivity index (χ2n) is 7.63. The molecule has 2 aromatic carbocycles. The van der Waals surface area contributed by atoms with Gasteiger partial charge >= 0.3 is 6.09 Å². The van der Waals surface area contributed by atoms with E-state index in [2.05, 4.69) is 11.4 Å². The van der Waals surface area contributed by atoms with Gasteiger partial charge in [0, 0.05) is 6.54 Å². The van der Waals surface area contributed by atoms with Crippen molar-refractivity contribution >= 4 is 12.0 Å². The molecule has 3 rings (SSSR count). The van der Waals surface area contributed by atoms with Crippen molar-refractivity contribution in [2.24, 2.45) is 5.92 Å². The molecule has 0 radical (unpaired) electrons. The van der Waals surface area contributed by atoms with Crippen molar-refractivity contribution in [3.05, 3.63) is 59.7 Å². The first-order valence-electron chi connectivity index (χ1n) is 10.4. The van der Waals surface area contributed by atoms with Gasteiger partial charge in [0.1, 0.15) is 18.7 Å². The van der Waals surface area contributed by atoms with Crippen molar-refractivity contribution in [2.45, 2.75) is 32.0 Å². The molecule has 1 aliphatic heterocycles. The topological polar surface area (TPSA) is 101 Å². The van der Waals surface area contributed by atoms with Crippen LogP contribution in [0.1, 0.15) is 30.5 Å². The third-order valence-corrected chi connectivity index (χ3v) is 5.57. The molecule has 8 heteroatoms. The van der Waals surface area contributed by atoms with E-state index >= 15 is 0 Å². The van der Waals surface area contributed by atoms with Gasteiger partial charge in [-0.05, 0) is 35.6 Å². The molecule has 1 N–H and O–H groups in total. The summed E-state index contributed by atoms with van der Waals surface area (Å²) in [5, 5.41) is 12.4. The molecule has 3 atom stereocenters. The third kappa shape index (κ3) is 5.11. The Kier molecular flexibility index (Phi) is 7.55. The van der Waals surface area contributed by atoms with Gasteiger partial charge in [-0.25, -0.2) is 4.79 Å². The van der Waals surface area contributed by atoms with Crippen LogP contribution in [0.25, 0.3) is 0 Å². The molecule has 0 aliphatic carbocycles. The van der Waals surface area contributed by atoms with Gasteiger partial charge in [0.25, 0.3) is 0 Å². The molecule has 0 bridgehead atoms. The van der Waals surface area contributed by atoms with Crippen molar-refractivity contribution in [2.75, 3.05) is 20.8 Å². The lowest BCUT2D eigenvalue weighted by atomic mass is 10.0. The number of nitrogens with one attached hydrogen (secondary N) is 1. The van der Waals surface area contributed by atoms with Gasteiger partial charge in [-0.15, -0.1) is 0 Å². The number of hydrogen-bond donors (Lipinski definition) is 1. The number of benzene rings is 2. The van der Waals surface area contributed by atoms with Crippen LogP contribution in [0.2, 0.25) is 0 Å². The number of carbonyl (C=O) groups excluding carboxylic acids is 2. The normalized spacial score (nSPS) is 18.4. The minimum absolute atomic E-state index is 0.0657.